The number of hydrazone groups is 1. The minimum Gasteiger partial charge on any atom is -0.490 e. The first-order valence-electron chi connectivity index (χ1n) is 11.2. The van der Waals surface area contributed by atoms with Crippen molar-refractivity contribution in [3.8, 4) is 11.5 Å². The summed E-state index contributed by atoms with van der Waals surface area (Å²) in [4.78, 5) is 24.7. The van der Waals surface area contributed by atoms with Gasteiger partial charge in [0.1, 0.15) is 6.61 Å². The normalized spacial score (nSPS) is 14.2. The molecule has 190 valence electrons. The zero-order valence-electron chi connectivity index (χ0n) is 19.8. The van der Waals surface area contributed by atoms with Crippen LogP contribution in [-0.4, -0.2) is 29.3 Å². The van der Waals surface area contributed by atoms with Gasteiger partial charge in [0, 0.05) is 10.6 Å². The third kappa shape index (κ3) is 5.82. The number of amides is 1. The Kier molecular flexibility index (Phi) is 8.22. The molecule has 0 unspecified atom stereocenters. The number of ether oxygens (including phenoxy) is 2. The molecule has 3 aromatic rings. The van der Waals surface area contributed by atoms with Crippen LogP contribution in [0.4, 0.5) is 5.69 Å². The van der Waals surface area contributed by atoms with Gasteiger partial charge < -0.3 is 14.6 Å². The summed E-state index contributed by atoms with van der Waals surface area (Å²) >= 11 is 15.8. The first-order valence-corrected chi connectivity index (χ1v) is 12.7. The molecule has 0 saturated carbocycles. The van der Waals surface area contributed by atoms with Crippen molar-refractivity contribution in [2.24, 2.45) is 5.10 Å². The van der Waals surface area contributed by atoms with Crippen molar-refractivity contribution in [1.82, 2.24) is 0 Å². The molecule has 1 N–H and O–H groups in total. The number of anilines is 1. The van der Waals surface area contributed by atoms with E-state index in [1.54, 1.807) is 31.2 Å². The number of hydrogen-bond donors (Lipinski definition) is 1. The van der Waals surface area contributed by atoms with Crippen molar-refractivity contribution in [3.63, 3.8) is 0 Å². The van der Waals surface area contributed by atoms with E-state index >= 15 is 0 Å². The minimum atomic E-state index is -1.19. The Morgan fingerprint density at radius 2 is 1.86 bits per heavy atom. The highest BCUT2D eigenvalue weighted by molar-refractivity contribution is 9.10. The molecule has 37 heavy (non-hydrogen) atoms. The molecule has 1 aliphatic heterocycles. The van der Waals surface area contributed by atoms with Crippen molar-refractivity contribution < 1.29 is 24.2 Å². The third-order valence-corrected chi connectivity index (χ3v) is 6.75. The summed E-state index contributed by atoms with van der Waals surface area (Å²) < 4.78 is 12.5. The summed E-state index contributed by atoms with van der Waals surface area (Å²) in [6.07, 6.45) is 1.69. The Bertz CT molecular complexity index is 1450. The van der Waals surface area contributed by atoms with Gasteiger partial charge in [0.25, 0.3) is 5.91 Å². The smallest absolute Gasteiger partial charge is 0.337 e. The molecule has 0 atom stereocenters. The van der Waals surface area contributed by atoms with E-state index in [2.05, 4.69) is 21.0 Å². The van der Waals surface area contributed by atoms with Crippen LogP contribution >= 0.6 is 39.1 Å². The molecule has 7 nitrogen and oxygen atoms in total. The quantitative estimate of drug-likeness (QED) is 0.274. The number of carbonyl (C=O) groups is 2. The monoisotopic (exact) mass is 602 g/mol. The number of nitrogens with zero attached hydrogens (tertiary/aromatic N) is 2. The van der Waals surface area contributed by atoms with Crippen molar-refractivity contribution in [1.29, 1.82) is 0 Å². The molecule has 0 aliphatic carbocycles. The molecular weight excluding hydrogens is 583 g/mol. The third-order valence-electron chi connectivity index (χ3n) is 5.46. The Labute approximate surface area is 232 Å². The second-order valence-corrected chi connectivity index (χ2v) is 9.64. The predicted molar refractivity (Wildman–Crippen MR) is 148 cm³/mol. The summed E-state index contributed by atoms with van der Waals surface area (Å²) in [7, 11) is 0. The van der Waals surface area contributed by atoms with Gasteiger partial charge in [-0.25, -0.2) is 4.79 Å². The van der Waals surface area contributed by atoms with Crippen molar-refractivity contribution in [2.45, 2.75) is 20.5 Å². The molecular formula is C27H21BrCl2N2O5. The summed E-state index contributed by atoms with van der Waals surface area (Å²) in [6, 6.07) is 15.3. The van der Waals surface area contributed by atoms with Crippen LogP contribution in [0.5, 0.6) is 11.5 Å². The minimum absolute atomic E-state index is 0.0736. The van der Waals surface area contributed by atoms with E-state index in [9.17, 15) is 14.7 Å². The molecule has 1 amide bonds. The fraction of sp³-hybridized carbons (Fsp3) is 0.148. The van der Waals surface area contributed by atoms with E-state index in [1.807, 2.05) is 31.2 Å². The second kappa shape index (κ2) is 11.4. The summed E-state index contributed by atoms with van der Waals surface area (Å²) in [5, 5.41) is 15.5. The molecule has 1 aliphatic rings. The lowest BCUT2D eigenvalue weighted by atomic mass is 10.1. The molecule has 0 saturated heterocycles. The summed E-state index contributed by atoms with van der Waals surface area (Å²) in [6.45, 7) is 4.23. The number of rotatable bonds is 8. The van der Waals surface area contributed by atoms with Crippen molar-refractivity contribution >= 4 is 68.5 Å². The lowest BCUT2D eigenvalue weighted by Crippen LogP contribution is -2.21. The Morgan fingerprint density at radius 3 is 2.57 bits per heavy atom. The topological polar surface area (TPSA) is 88.4 Å². The van der Waals surface area contributed by atoms with Gasteiger partial charge in [-0.3, -0.25) is 4.79 Å². The first kappa shape index (κ1) is 26.7. The van der Waals surface area contributed by atoms with Gasteiger partial charge in [0.05, 0.1) is 38.6 Å². The molecule has 0 radical (unpaired) electrons. The van der Waals surface area contributed by atoms with E-state index in [4.69, 9.17) is 32.7 Å². The first-order chi connectivity index (χ1) is 17.7. The Morgan fingerprint density at radius 1 is 1.11 bits per heavy atom. The van der Waals surface area contributed by atoms with Gasteiger partial charge in [-0.15, -0.1) is 0 Å². The molecule has 3 aromatic carbocycles. The largest absolute Gasteiger partial charge is 0.490 e. The number of carbonyl (C=O) groups excluding carboxylic acids is 1. The highest BCUT2D eigenvalue weighted by atomic mass is 79.9. The Balaban J connectivity index is 1.63. The number of aromatic carboxylic acids is 1. The predicted octanol–water partition coefficient (Wildman–Crippen LogP) is 7.24. The van der Waals surface area contributed by atoms with Crippen LogP contribution in [-0.2, 0) is 11.4 Å². The van der Waals surface area contributed by atoms with Gasteiger partial charge in [-0.1, -0.05) is 41.4 Å². The zero-order chi connectivity index (χ0) is 26.7. The van der Waals surface area contributed by atoms with E-state index in [0.29, 0.717) is 50.1 Å². The fourth-order valence-corrected chi connectivity index (χ4v) is 4.64. The average molecular weight is 604 g/mol. The average Bonchev–Trinajstić information content (AvgIpc) is 3.13. The highest BCUT2D eigenvalue weighted by Gasteiger charge is 2.30. The molecule has 4 rings (SSSR count). The van der Waals surface area contributed by atoms with Crippen LogP contribution < -0.4 is 14.5 Å². The highest BCUT2D eigenvalue weighted by Crippen LogP contribution is 2.39. The maximum Gasteiger partial charge on any atom is 0.337 e. The van der Waals surface area contributed by atoms with Crippen LogP contribution in [0.2, 0.25) is 10.0 Å². The Hall–Kier alpha value is -3.33. The lowest BCUT2D eigenvalue weighted by molar-refractivity contribution is -0.114. The molecule has 1 heterocycles. The van der Waals surface area contributed by atoms with Crippen LogP contribution in [0, 0.1) is 0 Å². The van der Waals surface area contributed by atoms with Crippen molar-refractivity contribution in [3.05, 3.63) is 91.4 Å². The van der Waals surface area contributed by atoms with E-state index < -0.39 is 11.9 Å². The SMILES string of the molecule is CCOc1cc(/C=C2\C(=O)N(c3ccc(Cl)c(C(=O)O)c3)N=C2C)cc(Br)c1OCc1ccccc1Cl. The maximum atomic E-state index is 13.2. The molecule has 0 bridgehead atoms. The number of carboxylic acid groups (broad SMARTS) is 1. The van der Waals surface area contributed by atoms with Crippen molar-refractivity contribution in [2.75, 3.05) is 11.6 Å². The molecule has 0 fully saturated rings. The molecule has 10 heteroatoms. The zero-order valence-corrected chi connectivity index (χ0v) is 22.9. The van der Waals surface area contributed by atoms with Crippen LogP contribution in [0.1, 0.15) is 35.3 Å². The van der Waals surface area contributed by atoms with Gasteiger partial charge in [0.15, 0.2) is 11.5 Å². The molecule has 0 aromatic heterocycles. The lowest BCUT2D eigenvalue weighted by Gasteiger charge is -2.15. The molecule has 0 spiro atoms. The number of carboxylic acids is 1. The number of halogens is 3. The summed E-state index contributed by atoms with van der Waals surface area (Å²) in [5.41, 5.74) is 2.53. The summed E-state index contributed by atoms with van der Waals surface area (Å²) in [5.74, 6) is -0.586. The van der Waals surface area contributed by atoms with Crippen LogP contribution in [0.3, 0.4) is 0 Å². The van der Waals surface area contributed by atoms with Gasteiger partial charge in [-0.05, 0) is 77.8 Å². The number of benzene rings is 3. The van der Waals surface area contributed by atoms with Gasteiger partial charge >= 0.3 is 5.97 Å². The van der Waals surface area contributed by atoms with Gasteiger partial charge in [-0.2, -0.15) is 10.1 Å². The van der Waals surface area contributed by atoms with Gasteiger partial charge in [0.2, 0.25) is 0 Å². The van der Waals surface area contributed by atoms with E-state index in [-0.39, 0.29) is 17.2 Å². The van der Waals surface area contributed by atoms with Crippen LogP contribution in [0.25, 0.3) is 6.08 Å². The maximum absolute atomic E-state index is 13.2. The van der Waals surface area contributed by atoms with Crippen LogP contribution in [0.15, 0.2) is 69.7 Å². The van der Waals surface area contributed by atoms with E-state index in [1.165, 1.54) is 12.1 Å². The second-order valence-electron chi connectivity index (χ2n) is 7.97. The standard InChI is InChI=1S/C27H21BrCl2N2O5/c1-3-36-24-12-16(11-21(28)25(24)37-14-17-6-4-5-7-22(17)29)10-19-15(2)31-32(26(19)33)18-8-9-23(30)20(13-18)27(34)35/h4-13H,3,14H2,1-2H3,(H,34,35)/b19-10-. The van der Waals surface area contributed by atoms with E-state index in [0.717, 1.165) is 10.6 Å². The number of hydrogen-bond acceptors (Lipinski definition) is 5. The fourth-order valence-electron chi connectivity index (χ4n) is 3.67.